The van der Waals surface area contributed by atoms with Crippen LogP contribution in [0, 0.1) is 5.82 Å². The second-order valence-electron chi connectivity index (χ2n) is 3.86. The summed E-state index contributed by atoms with van der Waals surface area (Å²) in [6, 6.07) is 7.59. The Bertz CT molecular complexity index is 595. The number of ether oxygens (including phenoxy) is 1. The number of hydrogen-bond acceptors (Lipinski definition) is 3. The molecule has 0 aliphatic rings. The quantitative estimate of drug-likeness (QED) is 0.898. The number of benzene rings is 1. The van der Waals surface area contributed by atoms with Gasteiger partial charge in [-0.1, -0.05) is 18.2 Å². The average Bonchev–Trinajstić information content (AvgIpc) is 2.76. The molecule has 1 aromatic carbocycles. The number of carboxylic acid groups (broad SMARTS) is 1. The van der Waals surface area contributed by atoms with Crippen LogP contribution in [0.15, 0.2) is 30.3 Å². The Balaban J connectivity index is 2.33. The minimum atomic E-state index is -1.15. The van der Waals surface area contributed by atoms with Crippen molar-refractivity contribution in [2.75, 3.05) is 6.61 Å². The zero-order chi connectivity index (χ0) is 13.8. The third kappa shape index (κ3) is 2.90. The Morgan fingerprint density at radius 2 is 2.21 bits per heavy atom. The van der Waals surface area contributed by atoms with E-state index in [0.29, 0.717) is 18.1 Å². The first-order chi connectivity index (χ1) is 9.11. The molecule has 19 heavy (non-hydrogen) atoms. The lowest BCUT2D eigenvalue weighted by atomic mass is 10.2. The second kappa shape index (κ2) is 5.51. The zero-order valence-electron chi connectivity index (χ0n) is 10.3. The molecule has 1 N–H and O–H groups in total. The maximum absolute atomic E-state index is 13.6. The first kappa shape index (κ1) is 13.1. The van der Waals surface area contributed by atoms with E-state index >= 15 is 0 Å². The summed E-state index contributed by atoms with van der Waals surface area (Å²) in [4.78, 5) is 10.9. The van der Waals surface area contributed by atoms with Crippen molar-refractivity contribution in [1.29, 1.82) is 0 Å². The molecule has 0 amide bonds. The van der Waals surface area contributed by atoms with E-state index < -0.39 is 5.97 Å². The maximum atomic E-state index is 13.6. The normalized spacial score (nSPS) is 10.4. The van der Waals surface area contributed by atoms with Crippen LogP contribution in [-0.4, -0.2) is 27.5 Å². The second-order valence-corrected chi connectivity index (χ2v) is 3.86. The van der Waals surface area contributed by atoms with Crippen LogP contribution >= 0.6 is 0 Å². The van der Waals surface area contributed by atoms with E-state index in [0.717, 1.165) is 0 Å². The van der Waals surface area contributed by atoms with Gasteiger partial charge in [-0.25, -0.2) is 13.9 Å². The van der Waals surface area contributed by atoms with Crippen LogP contribution in [0.2, 0.25) is 0 Å². The largest absolute Gasteiger partial charge is 0.478 e. The molecule has 2 aromatic rings. The van der Waals surface area contributed by atoms with Gasteiger partial charge in [-0.2, -0.15) is 5.10 Å². The highest BCUT2D eigenvalue weighted by atomic mass is 19.1. The number of carbonyl (C=O) groups is 1. The molecule has 6 heteroatoms. The molecule has 1 aromatic heterocycles. The fourth-order valence-corrected chi connectivity index (χ4v) is 1.67. The van der Waals surface area contributed by atoms with Gasteiger partial charge in [-0.05, 0) is 13.0 Å². The Kier molecular flexibility index (Phi) is 3.79. The van der Waals surface area contributed by atoms with Crippen molar-refractivity contribution in [3.8, 4) is 5.88 Å². The molecule has 0 bridgehead atoms. The van der Waals surface area contributed by atoms with Crippen molar-refractivity contribution in [2.45, 2.75) is 13.5 Å². The van der Waals surface area contributed by atoms with Crippen LogP contribution < -0.4 is 4.74 Å². The molecule has 0 saturated carbocycles. The summed E-state index contributed by atoms with van der Waals surface area (Å²) >= 11 is 0. The van der Waals surface area contributed by atoms with Crippen molar-refractivity contribution >= 4 is 5.97 Å². The molecular weight excluding hydrogens is 251 g/mol. The number of nitrogens with zero attached hydrogens (tertiary/aromatic N) is 2. The van der Waals surface area contributed by atoms with Gasteiger partial charge in [0.2, 0.25) is 5.88 Å². The highest BCUT2D eigenvalue weighted by Gasteiger charge is 2.15. The van der Waals surface area contributed by atoms with E-state index in [1.807, 2.05) is 0 Å². The summed E-state index contributed by atoms with van der Waals surface area (Å²) in [6.07, 6.45) is 0. The molecule has 0 fully saturated rings. The van der Waals surface area contributed by atoms with Crippen molar-refractivity contribution < 1.29 is 19.0 Å². The molecule has 0 spiro atoms. The zero-order valence-corrected chi connectivity index (χ0v) is 10.3. The number of rotatable bonds is 5. The van der Waals surface area contributed by atoms with Crippen molar-refractivity contribution in [1.82, 2.24) is 9.78 Å². The van der Waals surface area contributed by atoms with Crippen LogP contribution in [0.25, 0.3) is 0 Å². The molecule has 0 atom stereocenters. The standard InChI is InChI=1S/C13H13FN2O3/c1-2-19-12-7-11(13(17)18)15-16(12)8-9-5-3-4-6-10(9)14/h3-7H,2,8H2,1H3,(H,17,18). The number of hydrogen-bond donors (Lipinski definition) is 1. The molecular formula is C13H13FN2O3. The van der Waals surface area contributed by atoms with Crippen LogP contribution in [0.5, 0.6) is 5.88 Å². The Labute approximate surface area is 109 Å². The van der Waals surface area contributed by atoms with Crippen LogP contribution in [0.4, 0.5) is 4.39 Å². The van der Waals surface area contributed by atoms with E-state index in [2.05, 4.69) is 5.10 Å². The molecule has 0 aliphatic heterocycles. The molecule has 100 valence electrons. The molecule has 5 nitrogen and oxygen atoms in total. The summed E-state index contributed by atoms with van der Waals surface area (Å²) < 4.78 is 20.2. The molecule has 0 saturated heterocycles. The third-order valence-corrected chi connectivity index (χ3v) is 2.53. The first-order valence-corrected chi connectivity index (χ1v) is 5.79. The number of halogens is 1. The Morgan fingerprint density at radius 3 is 2.84 bits per heavy atom. The molecule has 1 heterocycles. The predicted molar refractivity (Wildman–Crippen MR) is 65.9 cm³/mol. The summed E-state index contributed by atoms with van der Waals surface area (Å²) in [5.74, 6) is -1.20. The number of aromatic nitrogens is 2. The lowest BCUT2D eigenvalue weighted by Gasteiger charge is -2.08. The van der Waals surface area contributed by atoms with E-state index in [-0.39, 0.29) is 18.1 Å². The first-order valence-electron chi connectivity index (χ1n) is 5.79. The summed E-state index contributed by atoms with van der Waals surface area (Å²) in [7, 11) is 0. The highest BCUT2D eigenvalue weighted by molar-refractivity contribution is 5.85. The van der Waals surface area contributed by atoms with E-state index in [4.69, 9.17) is 9.84 Å². The summed E-state index contributed by atoms with van der Waals surface area (Å²) in [5, 5.41) is 12.8. The lowest BCUT2D eigenvalue weighted by molar-refractivity contribution is 0.0689. The van der Waals surface area contributed by atoms with Crippen molar-refractivity contribution in [3.05, 3.63) is 47.4 Å². The highest BCUT2D eigenvalue weighted by Crippen LogP contribution is 2.17. The van der Waals surface area contributed by atoms with E-state index in [1.54, 1.807) is 25.1 Å². The maximum Gasteiger partial charge on any atom is 0.356 e. The van der Waals surface area contributed by atoms with Gasteiger partial charge in [0.15, 0.2) is 5.69 Å². The van der Waals surface area contributed by atoms with Crippen LogP contribution in [0.1, 0.15) is 23.0 Å². The number of aromatic carboxylic acids is 1. The average molecular weight is 264 g/mol. The van der Waals surface area contributed by atoms with Gasteiger partial charge in [0.1, 0.15) is 5.82 Å². The van der Waals surface area contributed by atoms with Crippen LogP contribution in [-0.2, 0) is 6.54 Å². The fraction of sp³-hybridized carbons (Fsp3) is 0.231. The smallest absolute Gasteiger partial charge is 0.356 e. The Morgan fingerprint density at radius 1 is 1.47 bits per heavy atom. The van der Waals surface area contributed by atoms with Crippen molar-refractivity contribution in [2.24, 2.45) is 0 Å². The van der Waals surface area contributed by atoms with Gasteiger partial charge in [-0.15, -0.1) is 0 Å². The van der Waals surface area contributed by atoms with Crippen molar-refractivity contribution in [3.63, 3.8) is 0 Å². The Hall–Kier alpha value is -2.37. The molecule has 0 unspecified atom stereocenters. The predicted octanol–water partition coefficient (Wildman–Crippen LogP) is 2.17. The van der Waals surface area contributed by atoms with Gasteiger partial charge in [0.05, 0.1) is 13.2 Å². The van der Waals surface area contributed by atoms with Gasteiger partial charge in [-0.3, -0.25) is 0 Å². The van der Waals surface area contributed by atoms with Gasteiger partial charge in [0, 0.05) is 11.6 Å². The minimum absolute atomic E-state index is 0.120. The molecule has 2 rings (SSSR count). The molecule has 0 radical (unpaired) electrons. The summed E-state index contributed by atoms with van der Waals surface area (Å²) in [6.45, 7) is 2.28. The van der Waals surface area contributed by atoms with E-state index in [1.165, 1.54) is 16.8 Å². The lowest BCUT2D eigenvalue weighted by Crippen LogP contribution is -2.08. The topological polar surface area (TPSA) is 64.3 Å². The monoisotopic (exact) mass is 264 g/mol. The number of carboxylic acids is 1. The minimum Gasteiger partial charge on any atom is -0.478 e. The third-order valence-electron chi connectivity index (χ3n) is 2.53. The van der Waals surface area contributed by atoms with E-state index in [9.17, 15) is 9.18 Å². The van der Waals surface area contributed by atoms with Gasteiger partial charge in [0.25, 0.3) is 0 Å². The fourth-order valence-electron chi connectivity index (χ4n) is 1.67. The van der Waals surface area contributed by atoms with Gasteiger partial charge >= 0.3 is 5.97 Å². The van der Waals surface area contributed by atoms with Crippen LogP contribution in [0.3, 0.4) is 0 Å². The van der Waals surface area contributed by atoms with Gasteiger partial charge < -0.3 is 9.84 Å². The summed E-state index contributed by atoms with van der Waals surface area (Å²) in [5.41, 5.74) is 0.295. The SMILES string of the molecule is CCOc1cc(C(=O)O)nn1Cc1ccccc1F. The molecule has 0 aliphatic carbocycles.